The van der Waals surface area contributed by atoms with Crippen molar-refractivity contribution in [2.24, 2.45) is 11.3 Å². The number of hydrogen-bond donors (Lipinski definition) is 1. The van der Waals surface area contributed by atoms with Gasteiger partial charge in [-0.1, -0.05) is 36.4 Å². The van der Waals surface area contributed by atoms with Gasteiger partial charge in [0.2, 0.25) is 5.91 Å². The first-order valence-corrected chi connectivity index (χ1v) is 9.46. The highest BCUT2D eigenvalue weighted by Gasteiger charge is 2.51. The second-order valence-corrected chi connectivity index (χ2v) is 7.43. The number of amides is 2. The summed E-state index contributed by atoms with van der Waals surface area (Å²) in [6, 6.07) is 18.8. The van der Waals surface area contributed by atoms with Gasteiger partial charge in [-0.3, -0.25) is 9.59 Å². The summed E-state index contributed by atoms with van der Waals surface area (Å²) >= 11 is 0. The molecule has 2 heterocycles. The third kappa shape index (κ3) is 3.60. The van der Waals surface area contributed by atoms with Crippen molar-refractivity contribution < 1.29 is 14.3 Å². The summed E-state index contributed by atoms with van der Waals surface area (Å²) < 4.78 is 5.55. The lowest BCUT2D eigenvalue weighted by molar-refractivity contribution is -0.124. The molecule has 2 fully saturated rings. The molecule has 2 aliphatic rings. The van der Waals surface area contributed by atoms with Crippen LogP contribution in [0.4, 0.5) is 5.69 Å². The van der Waals surface area contributed by atoms with E-state index in [-0.39, 0.29) is 23.1 Å². The van der Waals surface area contributed by atoms with Crippen molar-refractivity contribution >= 4 is 17.5 Å². The number of rotatable bonds is 3. The van der Waals surface area contributed by atoms with Crippen LogP contribution in [-0.4, -0.2) is 43.0 Å². The summed E-state index contributed by atoms with van der Waals surface area (Å²) in [5, 5.41) is 3.04. The van der Waals surface area contributed by atoms with Gasteiger partial charge in [0.05, 0.1) is 5.92 Å². The number of carbonyl (C=O) groups is 2. The fourth-order valence-electron chi connectivity index (χ4n) is 4.28. The highest BCUT2D eigenvalue weighted by atomic mass is 16.5. The molecule has 1 atom stereocenters. The fraction of sp³-hybridized carbons (Fsp3) is 0.364. The minimum atomic E-state index is -0.228. The molecule has 5 nitrogen and oxygen atoms in total. The van der Waals surface area contributed by atoms with Gasteiger partial charge in [-0.05, 0) is 37.1 Å². The van der Waals surface area contributed by atoms with Gasteiger partial charge in [-0.25, -0.2) is 0 Å². The molecule has 0 bridgehead atoms. The summed E-state index contributed by atoms with van der Waals surface area (Å²) in [5.74, 6) is -0.239. The lowest BCUT2D eigenvalue weighted by Crippen LogP contribution is -2.42. The van der Waals surface area contributed by atoms with E-state index in [1.807, 2.05) is 65.6 Å². The van der Waals surface area contributed by atoms with E-state index in [1.165, 1.54) is 0 Å². The number of benzene rings is 2. The van der Waals surface area contributed by atoms with Crippen molar-refractivity contribution in [3.63, 3.8) is 0 Å². The van der Waals surface area contributed by atoms with Gasteiger partial charge in [-0.15, -0.1) is 0 Å². The molecule has 0 saturated carbocycles. The van der Waals surface area contributed by atoms with Crippen LogP contribution < -0.4 is 5.32 Å². The van der Waals surface area contributed by atoms with Gasteiger partial charge < -0.3 is 15.0 Å². The minimum Gasteiger partial charge on any atom is -0.381 e. The molecule has 0 aliphatic carbocycles. The average molecular weight is 364 g/mol. The Labute approximate surface area is 159 Å². The zero-order valence-corrected chi connectivity index (χ0v) is 15.3. The van der Waals surface area contributed by atoms with Gasteiger partial charge in [-0.2, -0.15) is 0 Å². The van der Waals surface area contributed by atoms with Crippen LogP contribution in [0.3, 0.4) is 0 Å². The molecule has 2 amide bonds. The van der Waals surface area contributed by atoms with Crippen LogP contribution in [0, 0.1) is 11.3 Å². The van der Waals surface area contributed by atoms with Crippen LogP contribution in [0.25, 0.3) is 0 Å². The van der Waals surface area contributed by atoms with Gasteiger partial charge in [0.15, 0.2) is 0 Å². The van der Waals surface area contributed by atoms with E-state index >= 15 is 0 Å². The van der Waals surface area contributed by atoms with Crippen molar-refractivity contribution in [3.05, 3.63) is 66.2 Å². The largest absolute Gasteiger partial charge is 0.381 e. The summed E-state index contributed by atoms with van der Waals surface area (Å²) in [5.41, 5.74) is 1.25. The Morgan fingerprint density at radius 2 is 1.59 bits per heavy atom. The van der Waals surface area contributed by atoms with Crippen molar-refractivity contribution in [2.75, 3.05) is 31.6 Å². The summed E-state index contributed by atoms with van der Waals surface area (Å²) in [4.78, 5) is 27.9. The first kappa shape index (κ1) is 17.7. The van der Waals surface area contributed by atoms with Crippen LogP contribution in [0.1, 0.15) is 23.2 Å². The molecule has 1 spiro atoms. The first-order valence-electron chi connectivity index (χ1n) is 9.46. The predicted octanol–water partition coefficient (Wildman–Crippen LogP) is 3.19. The molecular formula is C22H24N2O3. The standard InChI is InChI=1S/C22H24N2O3/c25-20(23-18-9-5-2-6-10-18)19-15-24(16-22(19)11-13-27-14-12-22)21(26)17-7-3-1-4-8-17/h1-10,19H,11-16H2,(H,23,25)/t19-/m1/s1. The monoisotopic (exact) mass is 364 g/mol. The highest BCUT2D eigenvalue weighted by molar-refractivity contribution is 5.97. The Kier molecular flexibility index (Phi) is 4.94. The van der Waals surface area contributed by atoms with Crippen LogP contribution in [-0.2, 0) is 9.53 Å². The van der Waals surface area contributed by atoms with Gasteiger partial charge in [0.1, 0.15) is 0 Å². The molecule has 27 heavy (non-hydrogen) atoms. The Bertz CT molecular complexity index is 801. The SMILES string of the molecule is O=C(Nc1ccccc1)[C@H]1CN(C(=O)c2ccccc2)CC12CCOCC2. The number of hydrogen-bond acceptors (Lipinski definition) is 3. The average Bonchev–Trinajstić information content (AvgIpc) is 3.08. The molecule has 4 rings (SSSR count). The first-order chi connectivity index (χ1) is 13.2. The molecule has 5 heteroatoms. The minimum absolute atomic E-state index is 0.00326. The van der Waals surface area contributed by atoms with E-state index in [0.29, 0.717) is 31.9 Å². The molecule has 2 saturated heterocycles. The van der Waals surface area contributed by atoms with Gasteiger partial charge in [0, 0.05) is 43.0 Å². The third-order valence-corrected chi connectivity index (χ3v) is 5.80. The molecule has 0 unspecified atom stereocenters. The second kappa shape index (κ2) is 7.53. The zero-order valence-electron chi connectivity index (χ0n) is 15.3. The maximum absolute atomic E-state index is 13.1. The molecule has 0 aromatic heterocycles. The Morgan fingerprint density at radius 3 is 2.26 bits per heavy atom. The number of nitrogens with one attached hydrogen (secondary N) is 1. The Balaban J connectivity index is 1.56. The topological polar surface area (TPSA) is 58.6 Å². The molecule has 2 aromatic rings. The zero-order chi connectivity index (χ0) is 18.7. The molecule has 1 N–H and O–H groups in total. The van der Waals surface area contributed by atoms with Crippen LogP contribution >= 0.6 is 0 Å². The van der Waals surface area contributed by atoms with E-state index in [1.54, 1.807) is 0 Å². The third-order valence-electron chi connectivity index (χ3n) is 5.80. The van der Waals surface area contributed by atoms with Crippen LogP contribution in [0.5, 0.6) is 0 Å². The predicted molar refractivity (Wildman–Crippen MR) is 103 cm³/mol. The van der Waals surface area contributed by atoms with E-state index in [9.17, 15) is 9.59 Å². The van der Waals surface area contributed by atoms with Crippen molar-refractivity contribution in [3.8, 4) is 0 Å². The van der Waals surface area contributed by atoms with E-state index in [2.05, 4.69) is 5.32 Å². The Hall–Kier alpha value is -2.66. The van der Waals surface area contributed by atoms with Gasteiger partial charge >= 0.3 is 0 Å². The fourth-order valence-corrected chi connectivity index (χ4v) is 4.28. The van der Waals surface area contributed by atoms with E-state index in [4.69, 9.17) is 4.74 Å². The Morgan fingerprint density at radius 1 is 0.963 bits per heavy atom. The van der Waals surface area contributed by atoms with Crippen molar-refractivity contribution in [2.45, 2.75) is 12.8 Å². The second-order valence-electron chi connectivity index (χ2n) is 7.43. The highest BCUT2D eigenvalue weighted by Crippen LogP contribution is 2.45. The van der Waals surface area contributed by atoms with E-state index in [0.717, 1.165) is 18.5 Å². The number of nitrogens with zero attached hydrogens (tertiary/aromatic N) is 1. The smallest absolute Gasteiger partial charge is 0.253 e. The molecule has 2 aromatic carbocycles. The number of para-hydroxylation sites is 1. The molecule has 2 aliphatic heterocycles. The van der Waals surface area contributed by atoms with Crippen LogP contribution in [0.15, 0.2) is 60.7 Å². The van der Waals surface area contributed by atoms with Crippen LogP contribution in [0.2, 0.25) is 0 Å². The number of likely N-dealkylation sites (tertiary alicyclic amines) is 1. The number of ether oxygens (including phenoxy) is 1. The van der Waals surface area contributed by atoms with Gasteiger partial charge in [0.25, 0.3) is 5.91 Å². The number of anilines is 1. The van der Waals surface area contributed by atoms with Crippen molar-refractivity contribution in [1.82, 2.24) is 4.90 Å². The number of carbonyl (C=O) groups excluding carboxylic acids is 2. The normalized spacial score (nSPS) is 21.2. The quantitative estimate of drug-likeness (QED) is 0.910. The lowest BCUT2D eigenvalue weighted by atomic mass is 9.71. The van der Waals surface area contributed by atoms with E-state index < -0.39 is 0 Å². The van der Waals surface area contributed by atoms with Crippen molar-refractivity contribution in [1.29, 1.82) is 0 Å². The summed E-state index contributed by atoms with van der Waals surface area (Å²) in [6.07, 6.45) is 1.61. The lowest BCUT2D eigenvalue weighted by Gasteiger charge is -2.37. The molecule has 140 valence electrons. The molecular weight excluding hydrogens is 340 g/mol. The maximum Gasteiger partial charge on any atom is 0.253 e. The summed E-state index contributed by atoms with van der Waals surface area (Å²) in [6.45, 7) is 2.34. The summed E-state index contributed by atoms with van der Waals surface area (Å²) in [7, 11) is 0. The molecule has 0 radical (unpaired) electrons. The maximum atomic E-state index is 13.1.